The molecule has 0 saturated carbocycles. The molecule has 2 aromatic rings. The Morgan fingerprint density at radius 2 is 1.83 bits per heavy atom. The van der Waals surface area contributed by atoms with Gasteiger partial charge in [0.2, 0.25) is 0 Å². The van der Waals surface area contributed by atoms with Gasteiger partial charge in [0.1, 0.15) is 5.75 Å². The monoisotopic (exact) mass is 333 g/mol. The third-order valence-corrected chi connectivity index (χ3v) is 4.66. The lowest BCUT2D eigenvalue weighted by molar-refractivity contribution is -0.145. The molecule has 0 amide bonds. The molecule has 1 aromatic heterocycles. The molecule has 8 heteroatoms. The first-order valence-electron chi connectivity index (χ1n) is 7.12. The minimum absolute atomic E-state index is 0.0545. The van der Waals surface area contributed by atoms with Gasteiger partial charge in [-0.3, -0.25) is 14.5 Å². The number of nitrogens with zero attached hydrogens (tertiary/aromatic N) is 1. The van der Waals surface area contributed by atoms with Crippen LogP contribution in [0, 0.1) is 6.92 Å². The van der Waals surface area contributed by atoms with Crippen LogP contribution in [-0.2, 0) is 18.9 Å². The molecule has 6 nitrogen and oxygen atoms in total. The summed E-state index contributed by atoms with van der Waals surface area (Å²) in [6, 6.07) is 5.82. The number of carbonyl (C=O) groups is 2. The fourth-order valence-corrected chi connectivity index (χ4v) is 3.59. The molecule has 3 rings (SSSR count). The van der Waals surface area contributed by atoms with Crippen molar-refractivity contribution in [3.8, 4) is 5.75 Å². The lowest BCUT2D eigenvalue weighted by Crippen LogP contribution is -2.47. The van der Waals surface area contributed by atoms with E-state index in [9.17, 15) is 9.59 Å². The minimum Gasteiger partial charge on any atom is -0.495 e. The van der Waals surface area contributed by atoms with Crippen molar-refractivity contribution in [2.45, 2.75) is 6.92 Å². The molecule has 2 heterocycles. The standard InChI is InChI=1S/C15H16BNO5S/c1-9-4-10-6-12(23-15(10)11(5-9)20-3)16-21-13(18)7-17(2)8-14(19)22-16/h4-6H,7-8H2,1-3H3. The Morgan fingerprint density at radius 3 is 2.43 bits per heavy atom. The van der Waals surface area contributed by atoms with Crippen molar-refractivity contribution in [3.05, 3.63) is 23.8 Å². The van der Waals surface area contributed by atoms with E-state index in [1.165, 1.54) is 11.3 Å². The molecular weight excluding hydrogens is 317 g/mol. The first-order chi connectivity index (χ1) is 11.0. The van der Waals surface area contributed by atoms with Gasteiger partial charge in [-0.25, -0.2) is 0 Å². The maximum Gasteiger partial charge on any atom is 0.647 e. The van der Waals surface area contributed by atoms with Gasteiger partial charge in [0.25, 0.3) is 0 Å². The highest BCUT2D eigenvalue weighted by Crippen LogP contribution is 2.31. The van der Waals surface area contributed by atoms with Crippen LogP contribution in [0.15, 0.2) is 18.2 Å². The number of aryl methyl sites for hydroxylation is 1. The zero-order valence-corrected chi connectivity index (χ0v) is 13.9. The van der Waals surface area contributed by atoms with E-state index in [0.29, 0.717) is 4.78 Å². The van der Waals surface area contributed by atoms with E-state index in [-0.39, 0.29) is 13.1 Å². The van der Waals surface area contributed by atoms with Crippen LogP contribution in [0.25, 0.3) is 10.1 Å². The maximum absolute atomic E-state index is 11.9. The van der Waals surface area contributed by atoms with Gasteiger partial charge in [-0.1, -0.05) is 6.07 Å². The average Bonchev–Trinajstić information content (AvgIpc) is 2.87. The van der Waals surface area contributed by atoms with Crippen molar-refractivity contribution < 1.29 is 23.6 Å². The van der Waals surface area contributed by atoms with Gasteiger partial charge in [-0.05, 0) is 37.1 Å². The summed E-state index contributed by atoms with van der Waals surface area (Å²) in [5, 5.41) is 0.966. The predicted molar refractivity (Wildman–Crippen MR) is 88.2 cm³/mol. The molecule has 0 aliphatic carbocycles. The van der Waals surface area contributed by atoms with Crippen LogP contribution >= 0.6 is 11.3 Å². The van der Waals surface area contributed by atoms with Gasteiger partial charge in [0.15, 0.2) is 0 Å². The Morgan fingerprint density at radius 1 is 1.17 bits per heavy atom. The van der Waals surface area contributed by atoms with Crippen LogP contribution in [-0.4, -0.2) is 51.2 Å². The summed E-state index contributed by atoms with van der Waals surface area (Å²) < 4.78 is 17.6. The zero-order valence-electron chi connectivity index (χ0n) is 13.1. The first-order valence-corrected chi connectivity index (χ1v) is 7.93. The average molecular weight is 333 g/mol. The normalized spacial score (nSPS) is 16.7. The quantitative estimate of drug-likeness (QED) is 0.763. The summed E-state index contributed by atoms with van der Waals surface area (Å²) in [5.41, 5.74) is 1.06. The molecule has 1 fully saturated rings. The zero-order chi connectivity index (χ0) is 16.6. The second-order valence-electron chi connectivity index (χ2n) is 5.52. The molecule has 23 heavy (non-hydrogen) atoms. The number of fused-ring (bicyclic) bond motifs is 1. The lowest BCUT2D eigenvalue weighted by atomic mass is 9.86. The number of rotatable bonds is 2. The predicted octanol–water partition coefficient (Wildman–Crippen LogP) is 0.945. The van der Waals surface area contributed by atoms with Crippen molar-refractivity contribution in [1.29, 1.82) is 0 Å². The lowest BCUT2D eigenvalue weighted by Gasteiger charge is -2.21. The van der Waals surface area contributed by atoms with E-state index in [2.05, 4.69) is 0 Å². The molecule has 1 aliphatic rings. The molecule has 0 bridgehead atoms. The highest BCUT2D eigenvalue weighted by Gasteiger charge is 2.35. The highest BCUT2D eigenvalue weighted by atomic mass is 32.1. The number of ether oxygens (including phenoxy) is 1. The number of hydrogen-bond acceptors (Lipinski definition) is 7. The number of hydrogen-bond donors (Lipinski definition) is 0. The van der Waals surface area contributed by atoms with E-state index < -0.39 is 19.1 Å². The van der Waals surface area contributed by atoms with Gasteiger partial charge >= 0.3 is 19.1 Å². The summed E-state index contributed by atoms with van der Waals surface area (Å²) in [7, 11) is 2.26. The molecular formula is C15H16BNO5S. The SMILES string of the molecule is COc1cc(C)cc2cc(B3OC(=O)CN(C)CC(=O)O3)sc12. The van der Waals surface area contributed by atoms with Crippen LogP contribution in [0.3, 0.4) is 0 Å². The van der Waals surface area contributed by atoms with Gasteiger partial charge in [0, 0.05) is 0 Å². The molecule has 1 aromatic carbocycles. The van der Waals surface area contributed by atoms with E-state index in [1.54, 1.807) is 19.1 Å². The Balaban J connectivity index is 1.98. The number of likely N-dealkylation sites (N-methyl/N-ethyl adjacent to an activating group) is 1. The van der Waals surface area contributed by atoms with E-state index >= 15 is 0 Å². The van der Waals surface area contributed by atoms with Crippen LogP contribution in [0.4, 0.5) is 0 Å². The van der Waals surface area contributed by atoms with Gasteiger partial charge in [-0.15, -0.1) is 11.3 Å². The van der Waals surface area contributed by atoms with Crippen molar-refractivity contribution >= 4 is 45.3 Å². The van der Waals surface area contributed by atoms with Crippen LogP contribution in [0.1, 0.15) is 5.56 Å². The third-order valence-electron chi connectivity index (χ3n) is 3.47. The third kappa shape index (κ3) is 3.33. The number of thiophene rings is 1. The fraction of sp³-hybridized carbons (Fsp3) is 0.333. The molecule has 120 valence electrons. The largest absolute Gasteiger partial charge is 0.647 e. The summed E-state index contributed by atoms with van der Waals surface area (Å²) in [6.07, 6.45) is 0. The van der Waals surface area contributed by atoms with Crippen LogP contribution in [0.2, 0.25) is 0 Å². The molecule has 0 radical (unpaired) electrons. The summed E-state index contributed by atoms with van der Waals surface area (Å²) in [6.45, 7) is 2.09. The van der Waals surface area contributed by atoms with Crippen molar-refractivity contribution in [2.24, 2.45) is 0 Å². The molecule has 0 N–H and O–H groups in total. The summed E-state index contributed by atoms with van der Waals surface area (Å²) >= 11 is 1.39. The highest BCUT2D eigenvalue weighted by molar-refractivity contribution is 7.28. The molecule has 0 spiro atoms. The Labute approximate surface area is 138 Å². The molecule has 1 saturated heterocycles. The van der Waals surface area contributed by atoms with Crippen molar-refractivity contribution in [1.82, 2.24) is 4.90 Å². The second kappa shape index (κ2) is 6.21. The topological polar surface area (TPSA) is 65.1 Å². The minimum atomic E-state index is -1.01. The van der Waals surface area contributed by atoms with Gasteiger partial charge < -0.3 is 14.0 Å². The Kier molecular flexibility index (Phi) is 4.27. The Hall–Kier alpha value is -2.06. The molecule has 0 unspecified atom stereocenters. The fourth-order valence-electron chi connectivity index (χ4n) is 2.50. The Bertz CT molecular complexity index is 755. The van der Waals surface area contributed by atoms with E-state index in [1.807, 2.05) is 25.1 Å². The van der Waals surface area contributed by atoms with Crippen molar-refractivity contribution in [2.75, 3.05) is 27.2 Å². The van der Waals surface area contributed by atoms with E-state index in [0.717, 1.165) is 21.4 Å². The number of methoxy groups -OCH3 is 1. The van der Waals surface area contributed by atoms with Gasteiger partial charge in [0.05, 0.1) is 29.7 Å². The van der Waals surface area contributed by atoms with Crippen LogP contribution in [0.5, 0.6) is 5.75 Å². The van der Waals surface area contributed by atoms with Crippen LogP contribution < -0.4 is 9.51 Å². The summed E-state index contributed by atoms with van der Waals surface area (Å²) in [4.78, 5) is 25.3. The number of benzene rings is 1. The molecule has 1 aliphatic heterocycles. The first kappa shape index (κ1) is 15.8. The molecule has 0 atom stereocenters. The number of carbonyl (C=O) groups excluding carboxylic acids is 2. The van der Waals surface area contributed by atoms with E-state index in [4.69, 9.17) is 14.0 Å². The summed E-state index contributed by atoms with van der Waals surface area (Å²) in [5.74, 6) is -0.101. The smallest absolute Gasteiger partial charge is 0.495 e. The maximum atomic E-state index is 11.9. The van der Waals surface area contributed by atoms with Crippen molar-refractivity contribution in [3.63, 3.8) is 0 Å². The van der Waals surface area contributed by atoms with Gasteiger partial charge in [-0.2, -0.15) is 0 Å². The second-order valence-corrected chi connectivity index (χ2v) is 6.60.